The quantitative estimate of drug-likeness (QED) is 0.331. The zero-order chi connectivity index (χ0) is 29.2. The van der Waals surface area contributed by atoms with Crippen LogP contribution in [0.3, 0.4) is 0 Å². The fourth-order valence-corrected chi connectivity index (χ4v) is 4.90. The summed E-state index contributed by atoms with van der Waals surface area (Å²) in [5.74, 6) is 0.253. The topological polar surface area (TPSA) is 134 Å². The summed E-state index contributed by atoms with van der Waals surface area (Å²) in [7, 11) is 1.14. The van der Waals surface area contributed by atoms with Gasteiger partial charge < -0.3 is 0 Å². The summed E-state index contributed by atoms with van der Waals surface area (Å²) in [6, 6.07) is 9.63. The molecule has 13 heteroatoms. The average molecular weight is 583 g/mol. The van der Waals surface area contributed by atoms with Gasteiger partial charge in [0.25, 0.3) is 0 Å². The minimum atomic E-state index is -1.27. The van der Waals surface area contributed by atoms with E-state index in [0.717, 1.165) is 31.5 Å². The third-order valence-corrected chi connectivity index (χ3v) is 7.30. The van der Waals surface area contributed by atoms with Gasteiger partial charge in [0.15, 0.2) is 0 Å². The van der Waals surface area contributed by atoms with Gasteiger partial charge in [-0.15, -0.1) is 0 Å². The second kappa shape index (κ2) is 14.8. The fourth-order valence-electron chi connectivity index (χ4n) is 4.62. The van der Waals surface area contributed by atoms with Crippen molar-refractivity contribution < 1.29 is 28.4 Å². The van der Waals surface area contributed by atoms with Crippen molar-refractivity contribution >= 4 is 31.6 Å². The zero-order valence-electron chi connectivity index (χ0n) is 23.3. The number of hydrogen-bond donors (Lipinski definition) is 1. The molecule has 1 aromatic heterocycles. The number of anilines is 1. The molecule has 3 heterocycles. The third kappa shape index (κ3) is 7.94. The number of rotatable bonds is 10. The Hall–Kier alpha value is -3.72. The predicted molar refractivity (Wildman–Crippen MR) is 152 cm³/mol. The van der Waals surface area contributed by atoms with Gasteiger partial charge in [-0.1, -0.05) is 6.92 Å². The number of carbonyl (C=O) groups excluding carboxylic acids is 3. The van der Waals surface area contributed by atoms with Crippen LogP contribution >= 0.6 is 7.92 Å². The van der Waals surface area contributed by atoms with Crippen LogP contribution in [0.15, 0.2) is 36.4 Å². The number of nitrogens with zero attached hydrogens (tertiary/aromatic N) is 5. The number of aromatic nitrogens is 2. The van der Waals surface area contributed by atoms with E-state index in [-0.39, 0.29) is 18.8 Å². The van der Waals surface area contributed by atoms with Gasteiger partial charge in [-0.2, -0.15) is 0 Å². The van der Waals surface area contributed by atoms with Gasteiger partial charge in [0, 0.05) is 7.11 Å². The van der Waals surface area contributed by atoms with E-state index in [1.807, 2.05) is 42.2 Å². The van der Waals surface area contributed by atoms with Gasteiger partial charge in [0.1, 0.15) is 0 Å². The Kier molecular flexibility index (Phi) is 10.9. The summed E-state index contributed by atoms with van der Waals surface area (Å²) in [5, 5.41) is 2.63. The summed E-state index contributed by atoms with van der Waals surface area (Å²) < 4.78 is 21.9. The van der Waals surface area contributed by atoms with Gasteiger partial charge in [-0.3, -0.25) is 0 Å². The van der Waals surface area contributed by atoms with Crippen molar-refractivity contribution in [3.8, 4) is 17.0 Å². The van der Waals surface area contributed by atoms with Crippen LogP contribution in [-0.2, 0) is 18.8 Å². The first-order valence-electron chi connectivity index (χ1n) is 13.7. The van der Waals surface area contributed by atoms with Gasteiger partial charge >= 0.3 is 226 Å². The van der Waals surface area contributed by atoms with E-state index in [0.29, 0.717) is 43.9 Å². The standard InChI is InChI=1S/C28H35N6O6P/c1-3-4-14-40-28(37)33-12-10-32(11-13-33)27(36)23(19-41-38)30-26(35)22-15-24(34-16-20(17-34)18-39-2)31-25(29-22)21-8-6-5-7-9-21/h5-9,15,20,23H,3-4,10-14,16-18H2,1-2H3,(H,30,35)/t23-/m0/s1. The average Bonchev–Trinajstić information content (AvgIpc) is 2.98. The molecule has 41 heavy (non-hydrogen) atoms. The van der Waals surface area contributed by atoms with E-state index in [9.17, 15) is 18.9 Å². The molecule has 4 rings (SSSR count). The number of nitrogens with one attached hydrogen (secondary N) is 1. The monoisotopic (exact) mass is 582 g/mol. The summed E-state index contributed by atoms with van der Waals surface area (Å²) in [5.41, 5.74) is 3.31. The van der Waals surface area contributed by atoms with E-state index in [4.69, 9.17) is 9.47 Å². The van der Waals surface area contributed by atoms with Crippen LogP contribution in [0.5, 0.6) is 0 Å². The molecule has 2 aliphatic heterocycles. The fraction of sp³-hybridized carbons (Fsp3) is 0.500. The van der Waals surface area contributed by atoms with Crippen LogP contribution in [0.25, 0.3) is 11.4 Å². The van der Waals surface area contributed by atoms with Gasteiger partial charge in [-0.05, 0) is 0 Å². The van der Waals surface area contributed by atoms with E-state index in [1.54, 1.807) is 18.1 Å². The molecule has 0 aliphatic carbocycles. The van der Waals surface area contributed by atoms with Crippen LogP contribution in [0.1, 0.15) is 30.3 Å². The minimum absolute atomic E-state index is 0.0749. The van der Waals surface area contributed by atoms with Gasteiger partial charge in [0.05, 0.1) is 0 Å². The Bertz CT molecular complexity index is 1330. The molecule has 1 aromatic carbocycles. The Morgan fingerprint density at radius 3 is 2.46 bits per heavy atom. The second-order valence-corrected chi connectivity index (χ2v) is 10.4. The molecular formula is C28H35N6O6P. The Morgan fingerprint density at radius 1 is 1.10 bits per heavy atom. The zero-order valence-corrected chi connectivity index (χ0v) is 24.2. The van der Waals surface area contributed by atoms with E-state index < -0.39 is 31.9 Å². The van der Waals surface area contributed by atoms with Crippen molar-refractivity contribution in [2.45, 2.75) is 25.8 Å². The maximum atomic E-state index is 13.4. The maximum absolute atomic E-state index is 13.4. The Morgan fingerprint density at radius 2 is 1.80 bits per heavy atom. The molecule has 2 saturated heterocycles. The molecule has 0 unspecified atom stereocenters. The van der Waals surface area contributed by atoms with Crippen LogP contribution in [0, 0.1) is 11.5 Å². The first-order valence-corrected chi connectivity index (χ1v) is 14.5. The molecule has 2 fully saturated rings. The van der Waals surface area contributed by atoms with E-state index in [1.165, 1.54) is 4.90 Å². The number of benzene rings is 1. The first-order chi connectivity index (χ1) is 19.9. The molecule has 218 valence electrons. The molecule has 2 aromatic rings. The van der Waals surface area contributed by atoms with Crippen LogP contribution in [0.2, 0.25) is 0 Å². The summed E-state index contributed by atoms with van der Waals surface area (Å²) in [4.78, 5) is 53.2. The number of unbranched alkanes of at least 4 members (excludes halogenated alkanes) is 1. The van der Waals surface area contributed by atoms with E-state index in [2.05, 4.69) is 20.9 Å². The van der Waals surface area contributed by atoms with Gasteiger partial charge in [0.2, 0.25) is 0 Å². The van der Waals surface area contributed by atoms with Crippen LogP contribution < -0.4 is 10.2 Å². The summed E-state index contributed by atoms with van der Waals surface area (Å²) in [6.07, 6.45) is 1.31. The number of hydrogen-bond acceptors (Lipinski definition) is 9. The van der Waals surface area contributed by atoms with Crippen molar-refractivity contribution in [2.24, 2.45) is 5.92 Å². The van der Waals surface area contributed by atoms with Crippen LogP contribution in [-0.4, -0.2) is 103 Å². The van der Waals surface area contributed by atoms with Crippen molar-refractivity contribution in [3.63, 3.8) is 0 Å². The van der Waals surface area contributed by atoms with Crippen molar-refractivity contribution in [1.82, 2.24) is 25.1 Å². The number of methoxy groups -OCH3 is 1. The number of ether oxygens (including phenoxy) is 2. The molecule has 0 saturated carbocycles. The van der Waals surface area contributed by atoms with Crippen LogP contribution in [0.4, 0.5) is 10.6 Å². The number of amides is 3. The first kappa shape index (κ1) is 30.2. The summed E-state index contributed by atoms with van der Waals surface area (Å²) >= 11 is 0. The van der Waals surface area contributed by atoms with Crippen molar-refractivity contribution in [3.05, 3.63) is 42.1 Å². The molecular weight excluding hydrogens is 547 g/mol. The third-order valence-electron chi connectivity index (χ3n) is 6.94. The molecule has 1 atom stereocenters. The van der Waals surface area contributed by atoms with Crippen molar-refractivity contribution in [2.75, 3.05) is 64.5 Å². The van der Waals surface area contributed by atoms with Gasteiger partial charge in [-0.25, -0.2) is 0 Å². The SMILES string of the molecule is CCCCOC(=O)N1CCN(C(=O)[C@H](C#P=O)NC(=O)c2cc(N3CC(COC)C3)nc(-c3ccccc3)n2)CC1. The molecule has 0 bridgehead atoms. The predicted octanol–water partition coefficient (Wildman–Crippen LogP) is 2.66. The molecule has 0 radical (unpaired) electrons. The van der Waals surface area contributed by atoms with E-state index >= 15 is 0 Å². The Labute approximate surface area is 240 Å². The normalized spacial score (nSPS) is 15.9. The van der Waals surface area contributed by atoms with Crippen molar-refractivity contribution in [1.29, 1.82) is 0 Å². The molecule has 0 spiro atoms. The molecule has 1 N–H and O–H groups in total. The Balaban J connectivity index is 1.46. The second-order valence-electron chi connectivity index (χ2n) is 9.93. The molecule has 2 aliphatic rings. The number of piperazine rings is 1. The summed E-state index contributed by atoms with van der Waals surface area (Å²) in [6.45, 7) is 5.56. The number of carbonyl (C=O) groups is 3. The molecule has 3 amide bonds. The molecule has 12 nitrogen and oxygen atoms in total.